The zero-order chi connectivity index (χ0) is 20.0. The van der Waals surface area contributed by atoms with Crippen molar-refractivity contribution in [3.63, 3.8) is 0 Å². The topological polar surface area (TPSA) is 96.5 Å². The fraction of sp³-hybridized carbons (Fsp3) is 0.550. The highest BCUT2D eigenvalue weighted by molar-refractivity contribution is 5.95. The number of carbonyl (C=O) groups is 3. The third kappa shape index (κ3) is 5.98. The standard InChI is InChI=1S/C20H29N3O4/c1-12(2)10-15(18(24)23-17-16(13(3)4)22-19(17)25)21-20(26)27-11-14-8-6-5-7-9-14/h5-9,12-13,15-17H,10-11H2,1-4H3,(H,21,26)(H,22,25)(H,23,24)/t15-,16+,17-/m0/s1. The minimum atomic E-state index is -0.755. The number of benzene rings is 1. The lowest BCUT2D eigenvalue weighted by Crippen LogP contribution is -2.72. The molecule has 1 aliphatic rings. The Bertz CT molecular complexity index is 660. The molecule has 0 bridgehead atoms. The van der Waals surface area contributed by atoms with Crippen LogP contribution in [0.5, 0.6) is 0 Å². The average molecular weight is 375 g/mol. The molecule has 1 fully saturated rings. The van der Waals surface area contributed by atoms with Crippen LogP contribution in [-0.2, 0) is 20.9 Å². The normalized spacial score (nSPS) is 19.9. The molecule has 0 aliphatic carbocycles. The first-order chi connectivity index (χ1) is 12.8. The maximum atomic E-state index is 12.6. The van der Waals surface area contributed by atoms with Crippen LogP contribution in [0.15, 0.2) is 30.3 Å². The number of nitrogens with one attached hydrogen (secondary N) is 3. The summed E-state index contributed by atoms with van der Waals surface area (Å²) in [5, 5.41) is 8.18. The van der Waals surface area contributed by atoms with Gasteiger partial charge in [0.25, 0.3) is 0 Å². The van der Waals surface area contributed by atoms with Crippen molar-refractivity contribution in [2.75, 3.05) is 0 Å². The van der Waals surface area contributed by atoms with Crippen molar-refractivity contribution in [2.24, 2.45) is 11.8 Å². The molecule has 148 valence electrons. The molecule has 3 amide bonds. The van der Waals surface area contributed by atoms with Crippen LogP contribution in [0.25, 0.3) is 0 Å². The predicted octanol–water partition coefficient (Wildman–Crippen LogP) is 1.97. The maximum Gasteiger partial charge on any atom is 0.408 e. The first-order valence-corrected chi connectivity index (χ1v) is 9.36. The molecule has 3 N–H and O–H groups in total. The maximum absolute atomic E-state index is 12.6. The van der Waals surface area contributed by atoms with Crippen LogP contribution in [-0.4, -0.2) is 36.0 Å². The summed E-state index contributed by atoms with van der Waals surface area (Å²) in [6.07, 6.45) is -0.203. The lowest BCUT2D eigenvalue weighted by atomic mass is 9.88. The summed E-state index contributed by atoms with van der Waals surface area (Å²) in [6, 6.07) is 7.91. The predicted molar refractivity (Wildman–Crippen MR) is 102 cm³/mol. The molecule has 3 atom stereocenters. The van der Waals surface area contributed by atoms with Crippen molar-refractivity contribution in [2.45, 2.75) is 58.8 Å². The Hall–Kier alpha value is -2.57. The molecule has 0 radical (unpaired) electrons. The van der Waals surface area contributed by atoms with E-state index in [1.807, 2.05) is 58.0 Å². The molecule has 27 heavy (non-hydrogen) atoms. The Labute approximate surface area is 160 Å². The quantitative estimate of drug-likeness (QED) is 0.605. The Morgan fingerprint density at radius 1 is 1.15 bits per heavy atom. The Morgan fingerprint density at radius 3 is 2.37 bits per heavy atom. The van der Waals surface area contributed by atoms with E-state index >= 15 is 0 Å². The molecule has 1 aliphatic heterocycles. The molecular formula is C20H29N3O4. The van der Waals surface area contributed by atoms with Gasteiger partial charge in [0.15, 0.2) is 0 Å². The van der Waals surface area contributed by atoms with Gasteiger partial charge in [0.2, 0.25) is 11.8 Å². The van der Waals surface area contributed by atoms with Crippen LogP contribution in [0.4, 0.5) is 4.79 Å². The summed E-state index contributed by atoms with van der Waals surface area (Å²) < 4.78 is 5.21. The van der Waals surface area contributed by atoms with Gasteiger partial charge >= 0.3 is 6.09 Å². The second-order valence-corrected chi connectivity index (χ2v) is 7.65. The minimum absolute atomic E-state index is 0.0915. The van der Waals surface area contributed by atoms with Gasteiger partial charge < -0.3 is 20.7 Å². The lowest BCUT2D eigenvalue weighted by molar-refractivity contribution is -0.138. The van der Waals surface area contributed by atoms with E-state index < -0.39 is 18.2 Å². The third-order valence-electron chi connectivity index (χ3n) is 4.49. The van der Waals surface area contributed by atoms with Crippen LogP contribution < -0.4 is 16.0 Å². The largest absolute Gasteiger partial charge is 0.445 e. The SMILES string of the molecule is CC(C)C[C@H](NC(=O)OCc1ccccc1)C(=O)N[C@@H]1C(=O)N[C@@H]1C(C)C. The number of rotatable bonds is 8. The Morgan fingerprint density at radius 2 is 1.81 bits per heavy atom. The van der Waals surface area contributed by atoms with E-state index in [2.05, 4.69) is 16.0 Å². The lowest BCUT2D eigenvalue weighted by Gasteiger charge is -2.40. The van der Waals surface area contributed by atoms with Gasteiger partial charge in [-0.2, -0.15) is 0 Å². The van der Waals surface area contributed by atoms with E-state index in [4.69, 9.17) is 4.74 Å². The molecule has 7 nitrogen and oxygen atoms in total. The summed E-state index contributed by atoms with van der Waals surface area (Å²) >= 11 is 0. The minimum Gasteiger partial charge on any atom is -0.445 e. The molecule has 0 spiro atoms. The van der Waals surface area contributed by atoms with Crippen LogP contribution >= 0.6 is 0 Å². The molecule has 0 aromatic heterocycles. The van der Waals surface area contributed by atoms with Gasteiger partial charge in [-0.3, -0.25) is 9.59 Å². The summed E-state index contributed by atoms with van der Waals surface area (Å²) in [6.45, 7) is 8.01. The molecule has 1 saturated heterocycles. The van der Waals surface area contributed by atoms with Crippen molar-refractivity contribution >= 4 is 17.9 Å². The number of amides is 3. The number of alkyl carbamates (subject to hydrolysis) is 1. The molecule has 1 aromatic rings. The van der Waals surface area contributed by atoms with Gasteiger partial charge in [-0.15, -0.1) is 0 Å². The van der Waals surface area contributed by atoms with Gasteiger partial charge in [0, 0.05) is 0 Å². The van der Waals surface area contributed by atoms with E-state index in [0.29, 0.717) is 6.42 Å². The second-order valence-electron chi connectivity index (χ2n) is 7.65. The zero-order valence-corrected chi connectivity index (χ0v) is 16.3. The van der Waals surface area contributed by atoms with Crippen molar-refractivity contribution in [1.82, 2.24) is 16.0 Å². The van der Waals surface area contributed by atoms with Crippen molar-refractivity contribution < 1.29 is 19.1 Å². The third-order valence-corrected chi connectivity index (χ3v) is 4.49. The number of hydrogen-bond acceptors (Lipinski definition) is 4. The van der Waals surface area contributed by atoms with Gasteiger partial charge in [0.05, 0.1) is 6.04 Å². The molecule has 7 heteroatoms. The van der Waals surface area contributed by atoms with Crippen LogP contribution in [0, 0.1) is 11.8 Å². The Balaban J connectivity index is 1.92. The highest BCUT2D eigenvalue weighted by Gasteiger charge is 2.42. The number of ether oxygens (including phenoxy) is 1. The number of carbonyl (C=O) groups excluding carboxylic acids is 3. The van der Waals surface area contributed by atoms with E-state index in [-0.39, 0.29) is 36.3 Å². The van der Waals surface area contributed by atoms with Gasteiger partial charge in [0.1, 0.15) is 18.7 Å². The van der Waals surface area contributed by atoms with Gasteiger partial charge in [-0.1, -0.05) is 58.0 Å². The summed E-state index contributed by atoms with van der Waals surface area (Å²) in [5.41, 5.74) is 0.864. The fourth-order valence-electron chi connectivity index (χ4n) is 2.97. The van der Waals surface area contributed by atoms with E-state index in [1.54, 1.807) is 0 Å². The highest BCUT2D eigenvalue weighted by Crippen LogP contribution is 2.16. The first kappa shape index (κ1) is 20.7. The monoisotopic (exact) mass is 375 g/mol. The zero-order valence-electron chi connectivity index (χ0n) is 16.3. The summed E-state index contributed by atoms with van der Waals surface area (Å²) in [7, 11) is 0. The molecule has 2 rings (SSSR count). The van der Waals surface area contributed by atoms with E-state index in [9.17, 15) is 14.4 Å². The molecule has 0 unspecified atom stereocenters. The van der Waals surface area contributed by atoms with Crippen molar-refractivity contribution in [3.8, 4) is 0 Å². The first-order valence-electron chi connectivity index (χ1n) is 9.36. The molecule has 0 saturated carbocycles. The Kier molecular flexibility index (Phi) is 7.21. The number of β-lactam (4-membered cyclic amide) rings is 1. The molecule has 1 aromatic carbocycles. The second kappa shape index (κ2) is 9.39. The number of hydrogen-bond donors (Lipinski definition) is 3. The fourth-order valence-corrected chi connectivity index (χ4v) is 2.97. The summed E-state index contributed by atoms with van der Waals surface area (Å²) in [4.78, 5) is 36.5. The van der Waals surface area contributed by atoms with Gasteiger partial charge in [-0.05, 0) is 23.8 Å². The highest BCUT2D eigenvalue weighted by atomic mass is 16.5. The van der Waals surface area contributed by atoms with Gasteiger partial charge in [-0.25, -0.2) is 4.79 Å². The van der Waals surface area contributed by atoms with Crippen LogP contribution in [0.1, 0.15) is 39.7 Å². The van der Waals surface area contributed by atoms with Crippen LogP contribution in [0.3, 0.4) is 0 Å². The van der Waals surface area contributed by atoms with E-state index in [0.717, 1.165) is 5.56 Å². The summed E-state index contributed by atoms with van der Waals surface area (Å²) in [5.74, 6) is -0.172. The smallest absolute Gasteiger partial charge is 0.408 e. The average Bonchev–Trinajstić information content (AvgIpc) is 2.61. The van der Waals surface area contributed by atoms with E-state index in [1.165, 1.54) is 0 Å². The van der Waals surface area contributed by atoms with Crippen LogP contribution in [0.2, 0.25) is 0 Å². The van der Waals surface area contributed by atoms with Crippen molar-refractivity contribution in [1.29, 1.82) is 0 Å². The molecule has 1 heterocycles. The molecular weight excluding hydrogens is 346 g/mol. The van der Waals surface area contributed by atoms with Crippen molar-refractivity contribution in [3.05, 3.63) is 35.9 Å².